The van der Waals surface area contributed by atoms with E-state index in [4.69, 9.17) is 4.74 Å². The highest BCUT2D eigenvalue weighted by Gasteiger charge is 2.21. The van der Waals surface area contributed by atoms with E-state index in [1.165, 1.54) is 0 Å². The van der Waals surface area contributed by atoms with Crippen molar-refractivity contribution in [2.75, 3.05) is 18.1 Å². The van der Waals surface area contributed by atoms with Gasteiger partial charge in [-0.15, -0.1) is 0 Å². The normalized spacial score (nSPS) is 14.9. The first kappa shape index (κ1) is 12.6. The predicted octanol–water partition coefficient (Wildman–Crippen LogP) is 2.17. The van der Waals surface area contributed by atoms with E-state index in [2.05, 4.69) is 0 Å². The van der Waals surface area contributed by atoms with Crippen molar-refractivity contribution in [3.63, 3.8) is 0 Å². The van der Waals surface area contributed by atoms with Gasteiger partial charge in [0.05, 0.1) is 6.61 Å². The Bertz CT molecular complexity index is 439. The molecule has 0 aliphatic carbocycles. The molecule has 0 radical (unpaired) electrons. The van der Waals surface area contributed by atoms with Crippen molar-refractivity contribution in [3.8, 4) is 5.75 Å². The Balaban J connectivity index is 1.93. The molecular weight excluding hydrogens is 230 g/mol. The number of anilines is 1. The molecule has 1 aromatic rings. The molecule has 1 aliphatic rings. The maximum atomic E-state index is 11.6. The summed E-state index contributed by atoms with van der Waals surface area (Å²) in [5.41, 5.74) is 0.913. The lowest BCUT2D eigenvalue weighted by atomic mass is 10.2. The van der Waals surface area contributed by atoms with Crippen LogP contribution in [0.3, 0.4) is 0 Å². The number of benzene rings is 1. The van der Waals surface area contributed by atoms with Gasteiger partial charge in [0.1, 0.15) is 11.5 Å². The molecule has 0 atom stereocenters. The van der Waals surface area contributed by atoms with Gasteiger partial charge in [-0.1, -0.05) is 0 Å². The Labute approximate surface area is 107 Å². The molecule has 0 unspecified atom stereocenters. The Morgan fingerprint density at radius 2 is 2.06 bits per heavy atom. The van der Waals surface area contributed by atoms with Gasteiger partial charge in [0.2, 0.25) is 5.91 Å². The molecule has 0 spiro atoms. The fraction of sp³-hybridized carbons (Fsp3) is 0.429. The number of amides is 1. The quantitative estimate of drug-likeness (QED) is 0.801. The van der Waals surface area contributed by atoms with Crippen LogP contribution in [0, 0.1) is 0 Å². The number of carbonyl (C=O) groups is 2. The largest absolute Gasteiger partial charge is 0.493 e. The predicted molar refractivity (Wildman–Crippen MR) is 68.8 cm³/mol. The van der Waals surface area contributed by atoms with Crippen LogP contribution in [0.2, 0.25) is 0 Å². The molecule has 2 rings (SSSR count). The lowest BCUT2D eigenvalue weighted by Gasteiger charge is -2.16. The van der Waals surface area contributed by atoms with Crippen molar-refractivity contribution >= 4 is 17.4 Å². The number of carbonyl (C=O) groups excluding carboxylic acids is 2. The minimum Gasteiger partial charge on any atom is -0.493 e. The van der Waals surface area contributed by atoms with Gasteiger partial charge in [-0.2, -0.15) is 0 Å². The van der Waals surface area contributed by atoms with Crippen molar-refractivity contribution < 1.29 is 14.3 Å². The first-order valence-electron chi connectivity index (χ1n) is 6.19. The maximum absolute atomic E-state index is 11.6. The third-order valence-corrected chi connectivity index (χ3v) is 2.94. The van der Waals surface area contributed by atoms with Crippen LogP contribution >= 0.6 is 0 Å². The maximum Gasteiger partial charge on any atom is 0.227 e. The van der Waals surface area contributed by atoms with Gasteiger partial charge in [0.15, 0.2) is 0 Å². The fourth-order valence-electron chi connectivity index (χ4n) is 1.96. The Hall–Kier alpha value is -1.84. The summed E-state index contributed by atoms with van der Waals surface area (Å²) in [6.07, 6.45) is 1.99. The minimum atomic E-state index is 0.120. The molecule has 18 heavy (non-hydrogen) atoms. The average molecular weight is 247 g/mol. The van der Waals surface area contributed by atoms with E-state index in [-0.39, 0.29) is 11.7 Å². The molecule has 1 saturated heterocycles. The van der Waals surface area contributed by atoms with Crippen LogP contribution in [-0.2, 0) is 9.59 Å². The average Bonchev–Trinajstić information content (AvgIpc) is 2.76. The lowest BCUT2D eigenvalue weighted by molar-refractivity contribution is -0.118. The van der Waals surface area contributed by atoms with Gasteiger partial charge < -0.3 is 9.64 Å². The second-order valence-corrected chi connectivity index (χ2v) is 4.44. The molecule has 1 aliphatic heterocycles. The molecule has 0 aromatic heterocycles. The van der Waals surface area contributed by atoms with Crippen molar-refractivity contribution in [2.24, 2.45) is 0 Å². The number of rotatable bonds is 5. The highest BCUT2D eigenvalue weighted by Crippen LogP contribution is 2.23. The number of hydrogen-bond acceptors (Lipinski definition) is 3. The SMILES string of the molecule is CC(=O)CCOc1ccc(N2CCCC2=O)cc1. The molecule has 1 amide bonds. The molecule has 1 fully saturated rings. The van der Waals surface area contributed by atoms with Crippen LogP contribution in [0.4, 0.5) is 5.69 Å². The van der Waals surface area contributed by atoms with E-state index in [0.29, 0.717) is 19.4 Å². The first-order chi connectivity index (χ1) is 8.66. The van der Waals surface area contributed by atoms with E-state index < -0.39 is 0 Å². The second-order valence-electron chi connectivity index (χ2n) is 4.44. The number of ether oxygens (including phenoxy) is 1. The fourth-order valence-corrected chi connectivity index (χ4v) is 1.96. The van der Waals surface area contributed by atoms with E-state index >= 15 is 0 Å². The Kier molecular flexibility index (Phi) is 3.97. The van der Waals surface area contributed by atoms with E-state index in [1.54, 1.807) is 11.8 Å². The first-order valence-corrected chi connectivity index (χ1v) is 6.19. The third kappa shape index (κ3) is 3.09. The summed E-state index contributed by atoms with van der Waals surface area (Å²) in [4.78, 5) is 24.1. The Morgan fingerprint density at radius 1 is 1.33 bits per heavy atom. The summed E-state index contributed by atoms with van der Waals surface area (Å²) >= 11 is 0. The molecule has 1 aromatic carbocycles. The van der Waals surface area contributed by atoms with Gasteiger partial charge in [-0.3, -0.25) is 9.59 Å². The molecule has 4 nitrogen and oxygen atoms in total. The molecular formula is C14H17NO3. The van der Waals surface area contributed by atoms with E-state index in [1.807, 2.05) is 24.3 Å². The highest BCUT2D eigenvalue weighted by molar-refractivity contribution is 5.95. The summed E-state index contributed by atoms with van der Waals surface area (Å²) in [6, 6.07) is 7.43. The molecule has 4 heteroatoms. The summed E-state index contributed by atoms with van der Waals surface area (Å²) in [6.45, 7) is 2.74. The van der Waals surface area contributed by atoms with E-state index in [9.17, 15) is 9.59 Å². The minimum absolute atomic E-state index is 0.120. The topological polar surface area (TPSA) is 46.6 Å². The van der Waals surface area contributed by atoms with E-state index in [0.717, 1.165) is 24.4 Å². The zero-order valence-corrected chi connectivity index (χ0v) is 10.5. The van der Waals surface area contributed by atoms with Gasteiger partial charge in [-0.25, -0.2) is 0 Å². The zero-order chi connectivity index (χ0) is 13.0. The molecule has 0 bridgehead atoms. The summed E-state index contributed by atoms with van der Waals surface area (Å²) in [5.74, 6) is 1.03. The summed E-state index contributed by atoms with van der Waals surface area (Å²) in [7, 11) is 0. The number of nitrogens with zero attached hydrogens (tertiary/aromatic N) is 1. The van der Waals surface area contributed by atoms with Crippen molar-refractivity contribution in [1.82, 2.24) is 0 Å². The molecule has 0 N–H and O–H groups in total. The standard InChI is InChI=1S/C14H17NO3/c1-11(16)8-10-18-13-6-4-12(5-7-13)15-9-2-3-14(15)17/h4-7H,2-3,8-10H2,1H3. The number of ketones is 1. The molecule has 1 heterocycles. The van der Waals surface area contributed by atoms with Crippen molar-refractivity contribution in [3.05, 3.63) is 24.3 Å². The second kappa shape index (κ2) is 5.67. The monoisotopic (exact) mass is 247 g/mol. The summed E-state index contributed by atoms with van der Waals surface area (Å²) < 4.78 is 5.44. The van der Waals surface area contributed by atoms with Crippen molar-refractivity contribution in [2.45, 2.75) is 26.2 Å². The van der Waals surface area contributed by atoms with Crippen LogP contribution in [0.15, 0.2) is 24.3 Å². The Morgan fingerprint density at radius 3 is 2.61 bits per heavy atom. The number of hydrogen-bond donors (Lipinski definition) is 0. The smallest absolute Gasteiger partial charge is 0.227 e. The zero-order valence-electron chi connectivity index (χ0n) is 10.5. The van der Waals surface area contributed by atoms with Crippen LogP contribution in [0.1, 0.15) is 26.2 Å². The van der Waals surface area contributed by atoms with Gasteiger partial charge >= 0.3 is 0 Å². The van der Waals surface area contributed by atoms with Gasteiger partial charge in [-0.05, 0) is 37.6 Å². The molecule has 0 saturated carbocycles. The highest BCUT2D eigenvalue weighted by atomic mass is 16.5. The van der Waals surface area contributed by atoms with Crippen LogP contribution in [0.5, 0.6) is 5.75 Å². The van der Waals surface area contributed by atoms with Crippen LogP contribution in [-0.4, -0.2) is 24.8 Å². The van der Waals surface area contributed by atoms with Gasteiger partial charge in [0, 0.05) is 25.1 Å². The molecule has 96 valence electrons. The summed E-state index contributed by atoms with van der Waals surface area (Å²) in [5, 5.41) is 0. The number of Topliss-reactive ketones (excluding diaryl/α,β-unsaturated/α-hetero) is 1. The third-order valence-electron chi connectivity index (χ3n) is 2.94. The van der Waals surface area contributed by atoms with Gasteiger partial charge in [0.25, 0.3) is 0 Å². The van der Waals surface area contributed by atoms with Crippen LogP contribution in [0.25, 0.3) is 0 Å². The van der Waals surface area contributed by atoms with Crippen molar-refractivity contribution in [1.29, 1.82) is 0 Å². The lowest BCUT2D eigenvalue weighted by Crippen LogP contribution is -2.23. The van der Waals surface area contributed by atoms with Crippen LogP contribution < -0.4 is 9.64 Å².